The normalized spacial score (nSPS) is 17.8. The fourth-order valence-corrected chi connectivity index (χ4v) is 4.21. The number of benzene rings is 2. The van der Waals surface area contributed by atoms with Gasteiger partial charge < -0.3 is 19.6 Å². The number of nitrogens with zero attached hydrogens (tertiary/aromatic N) is 3. The Morgan fingerprint density at radius 2 is 1.78 bits per heavy atom. The number of amides is 2. The van der Waals surface area contributed by atoms with Gasteiger partial charge in [-0.15, -0.1) is 0 Å². The van der Waals surface area contributed by atoms with E-state index in [1.807, 2.05) is 55.5 Å². The highest BCUT2D eigenvalue weighted by Gasteiger charge is 2.34. The van der Waals surface area contributed by atoms with Crippen molar-refractivity contribution >= 4 is 11.8 Å². The number of pyridine rings is 1. The number of aliphatic hydroxyl groups is 1. The van der Waals surface area contributed by atoms with Crippen LogP contribution in [0.15, 0.2) is 72.9 Å². The summed E-state index contributed by atoms with van der Waals surface area (Å²) in [6, 6.07) is 19.9. The minimum absolute atomic E-state index is 0.116. The zero-order chi connectivity index (χ0) is 26.4. The molecule has 37 heavy (non-hydrogen) atoms. The van der Waals surface area contributed by atoms with E-state index in [4.69, 9.17) is 4.74 Å². The number of aromatic nitrogens is 1. The second kappa shape index (κ2) is 11.7. The van der Waals surface area contributed by atoms with Crippen LogP contribution in [0.2, 0.25) is 0 Å². The van der Waals surface area contributed by atoms with E-state index in [9.17, 15) is 14.7 Å². The van der Waals surface area contributed by atoms with Crippen molar-refractivity contribution in [3.05, 3.63) is 95.2 Å². The second-order valence-electron chi connectivity index (χ2n) is 9.37. The van der Waals surface area contributed by atoms with Crippen LogP contribution in [0.25, 0.3) is 0 Å². The lowest BCUT2D eigenvalue weighted by atomic mass is 9.99. The van der Waals surface area contributed by atoms with E-state index in [-0.39, 0.29) is 35.8 Å². The third-order valence-electron chi connectivity index (χ3n) is 6.47. The van der Waals surface area contributed by atoms with Gasteiger partial charge in [0.2, 0.25) is 5.88 Å². The molecular weight excluding hydrogens is 466 g/mol. The van der Waals surface area contributed by atoms with Crippen molar-refractivity contribution in [1.82, 2.24) is 14.8 Å². The molecule has 1 aliphatic rings. The Hall–Kier alpha value is -4.15. The molecule has 0 fully saturated rings. The Labute approximate surface area is 217 Å². The highest BCUT2D eigenvalue weighted by molar-refractivity contribution is 5.97. The summed E-state index contributed by atoms with van der Waals surface area (Å²) in [5.41, 5.74) is 2.31. The Kier molecular flexibility index (Phi) is 8.22. The lowest BCUT2D eigenvalue weighted by molar-refractivity contribution is 0.0313. The first-order valence-corrected chi connectivity index (χ1v) is 12.3. The predicted octanol–water partition coefficient (Wildman–Crippen LogP) is 3.47. The molecule has 1 aromatic heterocycles. The smallest absolute Gasteiger partial charge is 0.259 e. The lowest BCUT2D eigenvalue weighted by Crippen LogP contribution is -2.50. The SMILES string of the molecule is C[C@@H]1CN([C@@H](C)CO)C(=O)c2cc(C#Cc3ccccc3)cnc2O[C@@H]1CN(C)C(=O)c1ccccc1. The quantitative estimate of drug-likeness (QED) is 0.546. The van der Waals surface area contributed by atoms with Gasteiger partial charge in [-0.25, -0.2) is 4.98 Å². The number of rotatable bonds is 5. The van der Waals surface area contributed by atoms with E-state index in [0.717, 1.165) is 5.56 Å². The second-order valence-corrected chi connectivity index (χ2v) is 9.37. The van der Waals surface area contributed by atoms with E-state index < -0.39 is 12.1 Å². The van der Waals surface area contributed by atoms with Gasteiger partial charge in [-0.05, 0) is 37.3 Å². The highest BCUT2D eigenvalue weighted by Crippen LogP contribution is 2.27. The van der Waals surface area contributed by atoms with Crippen molar-refractivity contribution in [2.24, 2.45) is 5.92 Å². The fraction of sp³-hybridized carbons (Fsp3) is 0.300. The maximum atomic E-state index is 13.6. The van der Waals surface area contributed by atoms with Gasteiger partial charge in [0.1, 0.15) is 11.7 Å². The van der Waals surface area contributed by atoms with Crippen molar-refractivity contribution in [3.8, 4) is 17.7 Å². The van der Waals surface area contributed by atoms with Gasteiger partial charge in [-0.2, -0.15) is 0 Å². The summed E-state index contributed by atoms with van der Waals surface area (Å²) in [6.07, 6.45) is 1.16. The molecule has 190 valence electrons. The van der Waals surface area contributed by atoms with Crippen LogP contribution in [0.3, 0.4) is 0 Å². The summed E-state index contributed by atoms with van der Waals surface area (Å²) in [7, 11) is 1.74. The third kappa shape index (κ3) is 6.16. The molecule has 0 radical (unpaired) electrons. The van der Waals surface area contributed by atoms with Gasteiger partial charge in [0.25, 0.3) is 11.8 Å². The summed E-state index contributed by atoms with van der Waals surface area (Å²) >= 11 is 0. The maximum Gasteiger partial charge on any atom is 0.259 e. The maximum absolute atomic E-state index is 13.6. The minimum Gasteiger partial charge on any atom is -0.472 e. The number of fused-ring (bicyclic) bond motifs is 1. The van der Waals surface area contributed by atoms with E-state index >= 15 is 0 Å². The molecule has 4 rings (SSSR count). The summed E-state index contributed by atoms with van der Waals surface area (Å²) in [6.45, 7) is 4.27. The van der Waals surface area contributed by atoms with E-state index in [2.05, 4.69) is 16.8 Å². The van der Waals surface area contributed by atoms with E-state index in [0.29, 0.717) is 24.2 Å². The van der Waals surface area contributed by atoms with Crippen molar-refractivity contribution in [2.45, 2.75) is 26.0 Å². The number of ether oxygens (including phenoxy) is 1. The first kappa shape index (κ1) is 25.9. The Morgan fingerprint density at radius 3 is 2.46 bits per heavy atom. The molecule has 1 N–H and O–H groups in total. The van der Waals surface area contributed by atoms with Crippen LogP contribution in [0, 0.1) is 17.8 Å². The van der Waals surface area contributed by atoms with Gasteiger partial charge in [0.15, 0.2) is 0 Å². The van der Waals surface area contributed by atoms with Crippen molar-refractivity contribution in [2.75, 3.05) is 26.7 Å². The first-order chi connectivity index (χ1) is 17.9. The highest BCUT2D eigenvalue weighted by atomic mass is 16.5. The molecule has 0 saturated carbocycles. The fourth-order valence-electron chi connectivity index (χ4n) is 4.21. The van der Waals surface area contributed by atoms with Crippen LogP contribution in [0.5, 0.6) is 5.88 Å². The Balaban J connectivity index is 1.65. The summed E-state index contributed by atoms with van der Waals surface area (Å²) in [5.74, 6) is 5.84. The molecule has 0 bridgehead atoms. The molecule has 7 nitrogen and oxygen atoms in total. The Morgan fingerprint density at radius 1 is 1.14 bits per heavy atom. The predicted molar refractivity (Wildman–Crippen MR) is 141 cm³/mol. The van der Waals surface area contributed by atoms with Gasteiger partial charge in [-0.3, -0.25) is 9.59 Å². The molecule has 0 spiro atoms. The number of likely N-dealkylation sites (N-methyl/N-ethyl adjacent to an activating group) is 1. The van der Waals surface area contributed by atoms with Crippen molar-refractivity contribution < 1.29 is 19.4 Å². The van der Waals surface area contributed by atoms with Gasteiger partial charge >= 0.3 is 0 Å². The van der Waals surface area contributed by atoms with E-state index in [1.54, 1.807) is 48.2 Å². The largest absolute Gasteiger partial charge is 0.472 e. The standard InChI is InChI=1S/C30H31N3O4/c1-21-18-33(22(2)20-34)30(36)26-16-24(15-14-23-10-6-4-7-11-23)17-31-28(26)37-27(21)19-32(3)29(35)25-12-8-5-9-13-25/h4-13,16-17,21-22,27,34H,18-20H2,1-3H3/t21-,22+,27-/m1/s1. The van der Waals surface area contributed by atoms with Gasteiger partial charge in [0.05, 0.1) is 19.2 Å². The number of carbonyl (C=O) groups excluding carboxylic acids is 2. The average Bonchev–Trinajstić information content (AvgIpc) is 2.94. The number of hydrogen-bond acceptors (Lipinski definition) is 5. The van der Waals surface area contributed by atoms with Gasteiger partial charge in [-0.1, -0.05) is 55.2 Å². The number of hydrogen-bond donors (Lipinski definition) is 1. The summed E-state index contributed by atoms with van der Waals surface area (Å²) < 4.78 is 6.29. The average molecular weight is 498 g/mol. The topological polar surface area (TPSA) is 83.0 Å². The number of aliphatic hydroxyl groups excluding tert-OH is 1. The molecular formula is C30H31N3O4. The lowest BCUT2D eigenvalue weighted by Gasteiger charge is -2.37. The Bertz CT molecular complexity index is 1300. The van der Waals surface area contributed by atoms with Crippen LogP contribution < -0.4 is 4.74 Å². The van der Waals surface area contributed by atoms with Gasteiger partial charge in [0, 0.05) is 42.4 Å². The molecule has 7 heteroatoms. The van der Waals surface area contributed by atoms with Crippen molar-refractivity contribution in [1.29, 1.82) is 0 Å². The molecule has 0 unspecified atom stereocenters. The minimum atomic E-state index is -0.424. The van der Waals surface area contributed by atoms with E-state index in [1.165, 1.54) is 0 Å². The molecule has 0 saturated heterocycles. The summed E-state index contributed by atoms with van der Waals surface area (Å²) in [4.78, 5) is 34.3. The molecule has 2 amide bonds. The summed E-state index contributed by atoms with van der Waals surface area (Å²) in [5, 5.41) is 9.86. The van der Waals surface area contributed by atoms with Crippen LogP contribution >= 0.6 is 0 Å². The zero-order valence-electron chi connectivity index (χ0n) is 21.3. The van der Waals surface area contributed by atoms with Crippen LogP contribution in [-0.4, -0.2) is 70.6 Å². The molecule has 0 aliphatic carbocycles. The molecule has 3 atom stereocenters. The van der Waals surface area contributed by atoms with Crippen LogP contribution in [0.1, 0.15) is 45.7 Å². The van der Waals surface area contributed by atoms with Crippen LogP contribution in [-0.2, 0) is 0 Å². The zero-order valence-corrected chi connectivity index (χ0v) is 21.3. The number of carbonyl (C=O) groups is 2. The molecule has 3 aromatic rings. The third-order valence-corrected chi connectivity index (χ3v) is 6.47. The van der Waals surface area contributed by atoms with Crippen LogP contribution in [0.4, 0.5) is 0 Å². The van der Waals surface area contributed by atoms with Crippen molar-refractivity contribution in [3.63, 3.8) is 0 Å². The first-order valence-electron chi connectivity index (χ1n) is 12.3. The molecule has 1 aliphatic heterocycles. The molecule has 2 heterocycles. The molecule has 2 aromatic carbocycles. The monoisotopic (exact) mass is 497 g/mol.